The summed E-state index contributed by atoms with van der Waals surface area (Å²) in [6.45, 7) is 1.77. The monoisotopic (exact) mass is 291 g/mol. The highest BCUT2D eigenvalue weighted by atomic mass is 32.1. The van der Waals surface area contributed by atoms with E-state index in [0.29, 0.717) is 5.56 Å². The Morgan fingerprint density at radius 3 is 3.05 bits per heavy atom. The lowest BCUT2D eigenvalue weighted by molar-refractivity contribution is 0.733. The van der Waals surface area contributed by atoms with Crippen molar-refractivity contribution in [2.24, 2.45) is 0 Å². The number of anilines is 1. The summed E-state index contributed by atoms with van der Waals surface area (Å²) in [5, 5.41) is 12.6. The minimum absolute atomic E-state index is 0.660. The van der Waals surface area contributed by atoms with Crippen molar-refractivity contribution in [1.29, 1.82) is 5.26 Å². The van der Waals surface area contributed by atoms with Gasteiger partial charge in [-0.3, -0.25) is 0 Å². The summed E-state index contributed by atoms with van der Waals surface area (Å²) in [6, 6.07) is 14.4. The number of para-hydroxylation sites is 1. The van der Waals surface area contributed by atoms with Gasteiger partial charge in [0.15, 0.2) is 0 Å². The van der Waals surface area contributed by atoms with Gasteiger partial charge in [0.05, 0.1) is 11.1 Å². The first-order chi connectivity index (χ1) is 10.3. The molecule has 0 N–H and O–H groups in total. The molecule has 102 valence electrons. The SMILES string of the molecule is N#Cc1cc2ccccc2nc1N1CCc2sccc2C1. The van der Waals surface area contributed by atoms with Gasteiger partial charge in [-0.25, -0.2) is 4.98 Å². The zero-order valence-corrected chi connectivity index (χ0v) is 12.2. The van der Waals surface area contributed by atoms with Crippen molar-refractivity contribution in [1.82, 2.24) is 4.98 Å². The number of nitriles is 1. The van der Waals surface area contributed by atoms with Gasteiger partial charge in [0, 0.05) is 23.4 Å². The van der Waals surface area contributed by atoms with Crippen molar-refractivity contribution >= 4 is 28.1 Å². The molecule has 1 aromatic carbocycles. The van der Waals surface area contributed by atoms with Crippen LogP contribution in [0.1, 0.15) is 16.0 Å². The summed E-state index contributed by atoms with van der Waals surface area (Å²) in [7, 11) is 0. The predicted molar refractivity (Wildman–Crippen MR) is 85.5 cm³/mol. The topological polar surface area (TPSA) is 39.9 Å². The zero-order valence-electron chi connectivity index (χ0n) is 11.4. The second-order valence-corrected chi connectivity index (χ2v) is 6.21. The lowest BCUT2D eigenvalue weighted by Gasteiger charge is -2.28. The fraction of sp³-hybridized carbons (Fsp3) is 0.176. The van der Waals surface area contributed by atoms with Crippen LogP contribution in [0, 0.1) is 11.3 Å². The van der Waals surface area contributed by atoms with E-state index in [1.807, 2.05) is 41.7 Å². The number of pyridine rings is 1. The molecule has 3 nitrogen and oxygen atoms in total. The summed E-state index contributed by atoms with van der Waals surface area (Å²) in [5.74, 6) is 0.813. The molecule has 3 aromatic rings. The molecule has 0 saturated heterocycles. The maximum atomic E-state index is 9.45. The number of aromatic nitrogens is 1. The molecular weight excluding hydrogens is 278 g/mol. The third kappa shape index (κ3) is 2.07. The third-order valence-electron chi connectivity index (χ3n) is 3.93. The Kier molecular flexibility index (Phi) is 2.87. The maximum absolute atomic E-state index is 9.45. The third-order valence-corrected chi connectivity index (χ3v) is 4.95. The van der Waals surface area contributed by atoms with Crippen molar-refractivity contribution in [2.45, 2.75) is 13.0 Å². The van der Waals surface area contributed by atoms with Crippen LogP contribution in [-0.2, 0) is 13.0 Å². The molecule has 0 amide bonds. The predicted octanol–water partition coefficient (Wildman–Crippen LogP) is 3.73. The summed E-state index contributed by atoms with van der Waals surface area (Å²) < 4.78 is 0. The molecule has 3 heterocycles. The highest BCUT2D eigenvalue weighted by Crippen LogP contribution is 2.30. The van der Waals surface area contributed by atoms with E-state index >= 15 is 0 Å². The van der Waals surface area contributed by atoms with Crippen molar-refractivity contribution < 1.29 is 0 Å². The van der Waals surface area contributed by atoms with Crippen molar-refractivity contribution in [3.63, 3.8) is 0 Å². The first-order valence-electron chi connectivity index (χ1n) is 6.95. The minimum atomic E-state index is 0.660. The zero-order chi connectivity index (χ0) is 14.2. The second kappa shape index (κ2) is 4.87. The molecule has 4 heteroatoms. The Bertz CT molecular complexity index is 860. The van der Waals surface area contributed by atoms with E-state index in [4.69, 9.17) is 4.98 Å². The van der Waals surface area contributed by atoms with Gasteiger partial charge in [-0.05, 0) is 35.6 Å². The first-order valence-corrected chi connectivity index (χ1v) is 7.83. The highest BCUT2D eigenvalue weighted by molar-refractivity contribution is 7.10. The summed E-state index contributed by atoms with van der Waals surface area (Å²) in [6.07, 6.45) is 1.03. The van der Waals surface area contributed by atoms with Crippen LogP contribution in [0.2, 0.25) is 0 Å². The van der Waals surface area contributed by atoms with Gasteiger partial charge >= 0.3 is 0 Å². The summed E-state index contributed by atoms with van der Waals surface area (Å²) in [4.78, 5) is 8.42. The number of rotatable bonds is 1. The molecule has 0 radical (unpaired) electrons. The van der Waals surface area contributed by atoms with E-state index in [2.05, 4.69) is 22.4 Å². The standard InChI is InChI=1S/C17H13N3S/c18-10-14-9-12-3-1-2-4-15(12)19-17(14)20-7-5-16-13(11-20)6-8-21-16/h1-4,6,8-9H,5,7,11H2. The molecule has 0 saturated carbocycles. The molecule has 0 spiro atoms. The van der Waals surface area contributed by atoms with E-state index in [1.165, 1.54) is 10.4 Å². The molecule has 4 rings (SSSR count). The minimum Gasteiger partial charge on any atom is -0.351 e. The van der Waals surface area contributed by atoms with Crippen LogP contribution in [0.3, 0.4) is 0 Å². The van der Waals surface area contributed by atoms with E-state index in [1.54, 1.807) is 0 Å². The number of hydrogen-bond acceptors (Lipinski definition) is 4. The normalized spacial score (nSPS) is 14.0. The van der Waals surface area contributed by atoms with Crippen LogP contribution in [0.25, 0.3) is 10.9 Å². The average molecular weight is 291 g/mol. The molecular formula is C17H13N3S. The van der Waals surface area contributed by atoms with Gasteiger partial charge in [-0.2, -0.15) is 5.26 Å². The van der Waals surface area contributed by atoms with Gasteiger partial charge < -0.3 is 4.90 Å². The molecule has 0 bridgehead atoms. The summed E-state index contributed by atoms with van der Waals surface area (Å²) >= 11 is 1.82. The van der Waals surface area contributed by atoms with Crippen LogP contribution >= 0.6 is 11.3 Å². The van der Waals surface area contributed by atoms with Gasteiger partial charge in [0.1, 0.15) is 11.9 Å². The lowest BCUT2D eigenvalue weighted by Crippen LogP contribution is -2.30. The van der Waals surface area contributed by atoms with Crippen LogP contribution in [0.4, 0.5) is 5.82 Å². The number of benzene rings is 1. The molecule has 0 atom stereocenters. The molecule has 2 aromatic heterocycles. The smallest absolute Gasteiger partial charge is 0.147 e. The Hall–Kier alpha value is -2.38. The van der Waals surface area contributed by atoms with Crippen LogP contribution in [0.5, 0.6) is 0 Å². The number of nitrogens with zero attached hydrogens (tertiary/aromatic N) is 3. The quantitative estimate of drug-likeness (QED) is 0.686. The fourth-order valence-electron chi connectivity index (χ4n) is 2.86. The van der Waals surface area contributed by atoms with Gasteiger partial charge in [0.2, 0.25) is 0 Å². The Balaban J connectivity index is 1.81. The van der Waals surface area contributed by atoms with Gasteiger partial charge in [0.25, 0.3) is 0 Å². The van der Waals surface area contributed by atoms with Gasteiger partial charge in [-0.1, -0.05) is 18.2 Å². The van der Waals surface area contributed by atoms with Crippen molar-refractivity contribution in [2.75, 3.05) is 11.4 Å². The molecule has 21 heavy (non-hydrogen) atoms. The molecule has 0 fully saturated rings. The average Bonchev–Trinajstić information content (AvgIpc) is 3.01. The van der Waals surface area contributed by atoms with E-state index < -0.39 is 0 Å². The largest absolute Gasteiger partial charge is 0.351 e. The van der Waals surface area contributed by atoms with E-state index in [-0.39, 0.29) is 0 Å². The highest BCUT2D eigenvalue weighted by Gasteiger charge is 2.21. The first kappa shape index (κ1) is 12.4. The van der Waals surface area contributed by atoms with Crippen molar-refractivity contribution in [3.05, 3.63) is 57.8 Å². The second-order valence-electron chi connectivity index (χ2n) is 5.20. The van der Waals surface area contributed by atoms with Crippen LogP contribution in [-0.4, -0.2) is 11.5 Å². The number of hydrogen-bond donors (Lipinski definition) is 0. The fourth-order valence-corrected chi connectivity index (χ4v) is 3.75. The molecule has 0 aliphatic carbocycles. The molecule has 0 unspecified atom stereocenters. The maximum Gasteiger partial charge on any atom is 0.147 e. The van der Waals surface area contributed by atoms with E-state index in [9.17, 15) is 5.26 Å². The lowest BCUT2D eigenvalue weighted by atomic mass is 10.1. The van der Waals surface area contributed by atoms with Crippen molar-refractivity contribution in [3.8, 4) is 6.07 Å². The Labute approximate surface area is 127 Å². The van der Waals surface area contributed by atoms with E-state index in [0.717, 1.165) is 36.2 Å². The Morgan fingerprint density at radius 2 is 2.14 bits per heavy atom. The number of fused-ring (bicyclic) bond motifs is 2. The Morgan fingerprint density at radius 1 is 1.24 bits per heavy atom. The van der Waals surface area contributed by atoms with Crippen LogP contribution in [0.15, 0.2) is 41.8 Å². The van der Waals surface area contributed by atoms with Gasteiger partial charge in [-0.15, -0.1) is 11.3 Å². The van der Waals surface area contributed by atoms with Crippen LogP contribution < -0.4 is 4.90 Å². The molecule has 1 aliphatic rings. The number of thiophene rings is 1. The summed E-state index contributed by atoms with van der Waals surface area (Å²) in [5.41, 5.74) is 2.97. The molecule has 1 aliphatic heterocycles.